The highest BCUT2D eigenvalue weighted by molar-refractivity contribution is 8.00. The average molecular weight is 477 g/mol. The van der Waals surface area contributed by atoms with E-state index in [9.17, 15) is 13.2 Å². The van der Waals surface area contributed by atoms with Gasteiger partial charge in [-0.05, 0) is 37.6 Å². The topological polar surface area (TPSA) is 101 Å². The van der Waals surface area contributed by atoms with Crippen LogP contribution in [0.25, 0.3) is 10.9 Å². The Morgan fingerprint density at radius 1 is 1.16 bits per heavy atom. The van der Waals surface area contributed by atoms with E-state index in [0.29, 0.717) is 22.4 Å². The van der Waals surface area contributed by atoms with E-state index >= 15 is 0 Å². The van der Waals surface area contributed by atoms with Gasteiger partial charge in [0.15, 0.2) is 15.0 Å². The number of fused-ring (bicyclic) bond motifs is 1. The first-order chi connectivity index (χ1) is 14.8. The van der Waals surface area contributed by atoms with Crippen LogP contribution in [0.15, 0.2) is 53.7 Å². The number of hydrogen-bond acceptors (Lipinski definition) is 7. The summed E-state index contributed by atoms with van der Waals surface area (Å²) in [7, 11) is -3.05. The average Bonchev–Trinajstić information content (AvgIpc) is 3.07. The van der Waals surface area contributed by atoms with Gasteiger partial charge in [-0.3, -0.25) is 4.79 Å². The van der Waals surface area contributed by atoms with Crippen LogP contribution in [0.5, 0.6) is 0 Å². The molecule has 1 aliphatic heterocycles. The predicted octanol–water partition coefficient (Wildman–Crippen LogP) is 3.81. The first-order valence-electron chi connectivity index (χ1n) is 9.76. The molecule has 4 rings (SSSR count). The molecule has 2 unspecified atom stereocenters. The Morgan fingerprint density at radius 2 is 1.90 bits per heavy atom. The van der Waals surface area contributed by atoms with Gasteiger partial charge in [-0.2, -0.15) is 0 Å². The van der Waals surface area contributed by atoms with E-state index in [-0.39, 0.29) is 23.5 Å². The molecule has 1 saturated heterocycles. The number of nitrogens with zero attached hydrogens (tertiary/aromatic N) is 2. The van der Waals surface area contributed by atoms with Crippen LogP contribution in [0.1, 0.15) is 13.3 Å². The molecule has 0 bridgehead atoms. The predicted molar refractivity (Wildman–Crippen MR) is 125 cm³/mol. The molecule has 0 spiro atoms. The van der Waals surface area contributed by atoms with E-state index < -0.39 is 15.1 Å². The van der Waals surface area contributed by atoms with Gasteiger partial charge in [-0.15, -0.1) is 0 Å². The van der Waals surface area contributed by atoms with Crippen LogP contribution in [0.2, 0.25) is 5.02 Å². The molecule has 2 N–H and O–H groups in total. The van der Waals surface area contributed by atoms with Crippen molar-refractivity contribution in [2.24, 2.45) is 0 Å². The number of amides is 1. The molecule has 162 valence electrons. The van der Waals surface area contributed by atoms with Gasteiger partial charge in [0, 0.05) is 11.4 Å². The molecule has 0 aliphatic carbocycles. The maximum atomic E-state index is 12.6. The number of aromatic nitrogens is 2. The molecule has 1 amide bonds. The molecule has 0 radical (unpaired) electrons. The molecule has 1 aromatic heterocycles. The number of para-hydroxylation sites is 2. The summed E-state index contributed by atoms with van der Waals surface area (Å²) >= 11 is 7.51. The Labute approximate surface area is 189 Å². The maximum absolute atomic E-state index is 12.6. The molecule has 3 aromatic rings. The monoisotopic (exact) mass is 476 g/mol. The zero-order valence-electron chi connectivity index (χ0n) is 16.7. The maximum Gasteiger partial charge on any atom is 0.233 e. The Kier molecular flexibility index (Phi) is 6.36. The fourth-order valence-electron chi connectivity index (χ4n) is 3.33. The number of thioether (sulfide) groups is 1. The van der Waals surface area contributed by atoms with Crippen LogP contribution in [-0.2, 0) is 14.6 Å². The number of nitrogens with one attached hydrogen (secondary N) is 2. The van der Waals surface area contributed by atoms with E-state index in [0.717, 1.165) is 16.6 Å². The van der Waals surface area contributed by atoms with Gasteiger partial charge in [0.2, 0.25) is 5.91 Å². The zero-order valence-corrected chi connectivity index (χ0v) is 19.1. The molecule has 0 saturated carbocycles. The van der Waals surface area contributed by atoms with Gasteiger partial charge in [0.05, 0.1) is 33.0 Å². The molecule has 10 heteroatoms. The lowest BCUT2D eigenvalue weighted by Gasteiger charge is -2.16. The Bertz CT molecular complexity index is 1240. The van der Waals surface area contributed by atoms with Gasteiger partial charge < -0.3 is 10.6 Å². The largest absolute Gasteiger partial charge is 0.351 e. The van der Waals surface area contributed by atoms with Crippen LogP contribution < -0.4 is 10.6 Å². The van der Waals surface area contributed by atoms with Crippen LogP contribution in [0.4, 0.5) is 11.5 Å². The van der Waals surface area contributed by atoms with Crippen molar-refractivity contribution in [1.29, 1.82) is 0 Å². The van der Waals surface area contributed by atoms with E-state index in [2.05, 4.69) is 20.6 Å². The molecule has 2 heterocycles. The van der Waals surface area contributed by atoms with Crippen LogP contribution >= 0.6 is 23.4 Å². The van der Waals surface area contributed by atoms with Crippen molar-refractivity contribution in [3.05, 3.63) is 53.6 Å². The number of benzene rings is 2. The summed E-state index contributed by atoms with van der Waals surface area (Å²) in [6.07, 6.45) is 0.448. The van der Waals surface area contributed by atoms with Crippen molar-refractivity contribution < 1.29 is 13.2 Å². The third kappa shape index (κ3) is 5.28. The van der Waals surface area contributed by atoms with E-state index in [1.807, 2.05) is 42.5 Å². The summed E-state index contributed by atoms with van der Waals surface area (Å²) in [5, 5.41) is 7.44. The molecular formula is C21H21ClN4O3S2. The number of sulfone groups is 1. The molecule has 7 nitrogen and oxygen atoms in total. The normalized spacial score (nSPS) is 18.6. The highest BCUT2D eigenvalue weighted by atomic mass is 35.5. The fraction of sp³-hybridized carbons (Fsp3) is 0.286. The number of halogens is 1. The van der Waals surface area contributed by atoms with E-state index in [1.54, 1.807) is 13.0 Å². The minimum atomic E-state index is -3.05. The second-order valence-electron chi connectivity index (χ2n) is 7.35. The van der Waals surface area contributed by atoms with E-state index in [1.165, 1.54) is 11.8 Å². The number of rotatable bonds is 6. The summed E-state index contributed by atoms with van der Waals surface area (Å²) in [4.78, 5) is 21.8. The summed E-state index contributed by atoms with van der Waals surface area (Å²) in [5.41, 5.74) is 1.46. The molecule has 2 aromatic carbocycles. The molecule has 31 heavy (non-hydrogen) atoms. The van der Waals surface area contributed by atoms with Crippen molar-refractivity contribution in [1.82, 2.24) is 15.3 Å². The van der Waals surface area contributed by atoms with Crippen LogP contribution in [0.3, 0.4) is 0 Å². The highest BCUT2D eigenvalue weighted by Crippen LogP contribution is 2.31. The molecule has 2 atom stereocenters. The fourth-order valence-corrected chi connectivity index (χ4v) is 5.98. The van der Waals surface area contributed by atoms with Crippen molar-refractivity contribution in [3.8, 4) is 0 Å². The number of carbonyl (C=O) groups is 1. The first-order valence-corrected chi connectivity index (χ1v) is 12.8. The third-order valence-corrected chi connectivity index (χ3v) is 8.00. The van der Waals surface area contributed by atoms with Gasteiger partial charge in [0.25, 0.3) is 0 Å². The van der Waals surface area contributed by atoms with Gasteiger partial charge in [-0.25, -0.2) is 18.4 Å². The minimum absolute atomic E-state index is 0.00545. The second kappa shape index (κ2) is 9.02. The molecule has 1 aliphatic rings. The summed E-state index contributed by atoms with van der Waals surface area (Å²) in [6, 6.07) is 14.6. The summed E-state index contributed by atoms with van der Waals surface area (Å²) in [5.74, 6) is 0.471. The van der Waals surface area contributed by atoms with Crippen molar-refractivity contribution >= 4 is 61.5 Å². The number of hydrogen-bond donors (Lipinski definition) is 2. The quantitative estimate of drug-likeness (QED) is 0.412. The van der Waals surface area contributed by atoms with Crippen molar-refractivity contribution in [2.75, 3.05) is 16.8 Å². The Morgan fingerprint density at radius 3 is 2.65 bits per heavy atom. The van der Waals surface area contributed by atoms with Crippen LogP contribution in [0, 0.1) is 0 Å². The molecular weight excluding hydrogens is 456 g/mol. The van der Waals surface area contributed by atoms with Gasteiger partial charge in [-0.1, -0.05) is 47.6 Å². The third-order valence-electron chi connectivity index (χ3n) is 4.94. The van der Waals surface area contributed by atoms with Gasteiger partial charge >= 0.3 is 0 Å². The Hall–Kier alpha value is -2.36. The smallest absolute Gasteiger partial charge is 0.233 e. The SMILES string of the molecule is CC(Sc1nc(Nc2ccccc2Cl)c2ccccc2n1)C(=O)NC1CCS(=O)(=O)C1. The van der Waals surface area contributed by atoms with Crippen molar-refractivity contribution in [2.45, 2.75) is 29.8 Å². The Balaban J connectivity index is 1.55. The minimum Gasteiger partial charge on any atom is -0.351 e. The van der Waals surface area contributed by atoms with E-state index in [4.69, 9.17) is 11.6 Å². The lowest BCUT2D eigenvalue weighted by molar-refractivity contribution is -0.120. The summed E-state index contributed by atoms with van der Waals surface area (Å²) < 4.78 is 23.3. The first kappa shape index (κ1) is 21.9. The summed E-state index contributed by atoms with van der Waals surface area (Å²) in [6.45, 7) is 1.75. The van der Waals surface area contributed by atoms with Crippen LogP contribution in [-0.4, -0.2) is 47.1 Å². The number of anilines is 2. The number of carbonyl (C=O) groups excluding carboxylic acids is 1. The second-order valence-corrected chi connectivity index (χ2v) is 11.3. The zero-order chi connectivity index (χ0) is 22.0. The highest BCUT2D eigenvalue weighted by Gasteiger charge is 2.30. The standard InChI is InChI=1S/C21H21ClN4O3S2/c1-13(20(27)23-14-10-11-31(28,29)12-14)30-21-25-17-8-4-2-6-15(17)19(26-21)24-18-9-5-3-7-16(18)22/h2-9,13-14H,10-12H2,1H3,(H,23,27)(H,24,25,26). The molecule has 1 fully saturated rings. The lowest BCUT2D eigenvalue weighted by atomic mass is 10.2. The van der Waals surface area contributed by atoms with Gasteiger partial charge in [0.1, 0.15) is 5.82 Å². The van der Waals surface area contributed by atoms with Crippen molar-refractivity contribution in [3.63, 3.8) is 0 Å². The lowest BCUT2D eigenvalue weighted by Crippen LogP contribution is -2.40.